The average molecular weight is 394 g/mol. The lowest BCUT2D eigenvalue weighted by Gasteiger charge is -2.08. The number of hydrogen-bond acceptors (Lipinski definition) is 3. The smallest absolute Gasteiger partial charge is 0.251 e. The van der Waals surface area contributed by atoms with Gasteiger partial charge in [-0.05, 0) is 53.8 Å². The van der Waals surface area contributed by atoms with Gasteiger partial charge in [0.1, 0.15) is 0 Å². The normalized spacial score (nSPS) is 11.2. The van der Waals surface area contributed by atoms with Crippen molar-refractivity contribution in [3.8, 4) is 11.1 Å². The second kappa shape index (κ2) is 8.82. The third kappa shape index (κ3) is 5.28. The monoisotopic (exact) mass is 394 g/mol. The Labute approximate surface area is 165 Å². The van der Waals surface area contributed by atoms with Gasteiger partial charge in [0, 0.05) is 12.1 Å². The number of carbonyl (C=O) groups excluding carboxylic acids is 1. The van der Waals surface area contributed by atoms with Crippen LogP contribution in [0.2, 0.25) is 0 Å². The van der Waals surface area contributed by atoms with Crippen molar-refractivity contribution in [1.82, 2.24) is 5.32 Å². The number of rotatable bonds is 7. The second-order valence-corrected chi connectivity index (χ2v) is 8.06. The summed E-state index contributed by atoms with van der Waals surface area (Å²) < 4.78 is 22.5. The fourth-order valence-corrected chi connectivity index (χ4v) is 3.43. The zero-order valence-corrected chi connectivity index (χ0v) is 16.2. The lowest BCUT2D eigenvalue weighted by Crippen LogP contribution is -2.24. The number of nitrogens with one attached hydrogen (secondary N) is 1. The molecule has 0 heterocycles. The van der Waals surface area contributed by atoms with Gasteiger partial charge < -0.3 is 5.32 Å². The van der Waals surface area contributed by atoms with Crippen LogP contribution in [0, 0.1) is 0 Å². The van der Waals surface area contributed by atoms with E-state index in [0.717, 1.165) is 29.5 Å². The highest BCUT2D eigenvalue weighted by atomic mass is 32.2. The maximum atomic E-state index is 12.4. The largest absolute Gasteiger partial charge is 0.352 e. The van der Waals surface area contributed by atoms with Crippen LogP contribution in [0.4, 0.5) is 0 Å². The molecule has 3 aromatic rings. The van der Waals surface area contributed by atoms with Gasteiger partial charge in [-0.1, -0.05) is 54.6 Å². The van der Waals surface area contributed by atoms with Crippen molar-refractivity contribution in [2.75, 3.05) is 6.54 Å². The maximum Gasteiger partial charge on any atom is 0.251 e. The van der Waals surface area contributed by atoms with Crippen LogP contribution in [-0.2, 0) is 16.4 Å². The van der Waals surface area contributed by atoms with Crippen molar-refractivity contribution in [3.05, 3.63) is 90.0 Å². The highest BCUT2D eigenvalue weighted by Crippen LogP contribution is 2.20. The molecular formula is C22H22N2O3S. The average Bonchev–Trinajstić information content (AvgIpc) is 2.71. The summed E-state index contributed by atoms with van der Waals surface area (Å²) in [6.45, 7) is 0.533. The Bertz CT molecular complexity index is 1050. The Balaban J connectivity index is 1.52. The van der Waals surface area contributed by atoms with Crippen LogP contribution in [0.15, 0.2) is 83.8 Å². The van der Waals surface area contributed by atoms with Gasteiger partial charge in [0.2, 0.25) is 10.0 Å². The summed E-state index contributed by atoms with van der Waals surface area (Å²) in [5.74, 6) is -0.109. The Kier molecular flexibility index (Phi) is 6.23. The molecule has 0 aromatic heterocycles. The summed E-state index contributed by atoms with van der Waals surface area (Å²) in [5.41, 5.74) is 3.69. The van der Waals surface area contributed by atoms with Crippen LogP contribution < -0.4 is 10.5 Å². The first-order valence-electron chi connectivity index (χ1n) is 8.99. The van der Waals surface area contributed by atoms with E-state index < -0.39 is 10.0 Å². The first-order chi connectivity index (χ1) is 13.4. The van der Waals surface area contributed by atoms with Gasteiger partial charge in [-0.15, -0.1) is 0 Å². The summed E-state index contributed by atoms with van der Waals surface area (Å²) in [6.07, 6.45) is 1.48. The molecule has 0 radical (unpaired) electrons. The lowest BCUT2D eigenvalue weighted by atomic mass is 10.0. The molecule has 0 aliphatic rings. The Morgan fingerprint density at radius 2 is 1.54 bits per heavy atom. The molecule has 3 aromatic carbocycles. The SMILES string of the molecule is NS(=O)(=O)c1ccc(CCCNC(=O)c2cccc(-c3ccccc3)c2)cc1. The molecule has 0 aliphatic carbocycles. The van der Waals surface area contributed by atoms with Gasteiger partial charge in [-0.2, -0.15) is 0 Å². The number of primary sulfonamides is 1. The molecule has 28 heavy (non-hydrogen) atoms. The third-order valence-corrected chi connectivity index (χ3v) is 5.34. The summed E-state index contributed by atoms with van der Waals surface area (Å²) in [4.78, 5) is 12.5. The summed E-state index contributed by atoms with van der Waals surface area (Å²) in [6, 6.07) is 24.0. The number of aryl methyl sites for hydroxylation is 1. The zero-order valence-electron chi connectivity index (χ0n) is 15.3. The van der Waals surface area contributed by atoms with Gasteiger partial charge in [0.25, 0.3) is 5.91 Å². The molecule has 0 bridgehead atoms. The highest BCUT2D eigenvalue weighted by Gasteiger charge is 2.08. The van der Waals surface area contributed by atoms with Gasteiger partial charge in [0.05, 0.1) is 4.90 Å². The van der Waals surface area contributed by atoms with E-state index in [0.29, 0.717) is 12.1 Å². The van der Waals surface area contributed by atoms with E-state index in [4.69, 9.17) is 5.14 Å². The number of amides is 1. The van der Waals surface area contributed by atoms with Gasteiger partial charge in [0.15, 0.2) is 0 Å². The van der Waals surface area contributed by atoms with E-state index in [1.54, 1.807) is 18.2 Å². The van der Waals surface area contributed by atoms with E-state index >= 15 is 0 Å². The molecule has 3 rings (SSSR count). The van der Waals surface area contributed by atoms with Gasteiger partial charge >= 0.3 is 0 Å². The molecule has 0 atom stereocenters. The van der Waals surface area contributed by atoms with Crippen LogP contribution in [0.25, 0.3) is 11.1 Å². The minimum Gasteiger partial charge on any atom is -0.352 e. The number of nitrogens with two attached hydrogens (primary N) is 1. The molecule has 0 saturated carbocycles. The summed E-state index contributed by atoms with van der Waals surface area (Å²) in [5, 5.41) is 8.02. The van der Waals surface area contributed by atoms with E-state index in [9.17, 15) is 13.2 Å². The molecular weight excluding hydrogens is 372 g/mol. The van der Waals surface area contributed by atoms with Crippen molar-refractivity contribution in [2.24, 2.45) is 5.14 Å². The first-order valence-corrected chi connectivity index (χ1v) is 10.5. The highest BCUT2D eigenvalue weighted by molar-refractivity contribution is 7.89. The first kappa shape index (κ1) is 19.8. The second-order valence-electron chi connectivity index (χ2n) is 6.50. The fourth-order valence-electron chi connectivity index (χ4n) is 2.91. The van der Waals surface area contributed by atoms with Crippen LogP contribution in [0.5, 0.6) is 0 Å². The predicted molar refractivity (Wildman–Crippen MR) is 110 cm³/mol. The molecule has 5 nitrogen and oxygen atoms in total. The molecule has 0 fully saturated rings. The van der Waals surface area contributed by atoms with Crippen LogP contribution in [0.1, 0.15) is 22.3 Å². The van der Waals surface area contributed by atoms with Crippen molar-refractivity contribution in [3.63, 3.8) is 0 Å². The maximum absolute atomic E-state index is 12.4. The van der Waals surface area contributed by atoms with Crippen LogP contribution >= 0.6 is 0 Å². The molecule has 0 aliphatic heterocycles. The van der Waals surface area contributed by atoms with E-state index in [-0.39, 0.29) is 10.8 Å². The Hall–Kier alpha value is -2.96. The standard InChI is InChI=1S/C22H22N2O3S/c23-28(26,27)21-13-11-17(12-14-21)6-5-15-24-22(25)20-10-4-9-19(16-20)18-7-2-1-3-8-18/h1-4,7-14,16H,5-6,15H2,(H,24,25)(H2,23,26,27). The summed E-state index contributed by atoms with van der Waals surface area (Å²) >= 11 is 0. The molecule has 0 spiro atoms. The molecule has 144 valence electrons. The van der Waals surface area contributed by atoms with E-state index in [2.05, 4.69) is 5.32 Å². The van der Waals surface area contributed by atoms with Gasteiger partial charge in [-0.25, -0.2) is 13.6 Å². The molecule has 0 unspecified atom stereocenters. The number of carbonyl (C=O) groups is 1. The van der Waals surface area contributed by atoms with Crippen molar-refractivity contribution in [2.45, 2.75) is 17.7 Å². The fraction of sp³-hybridized carbons (Fsp3) is 0.136. The van der Waals surface area contributed by atoms with Crippen molar-refractivity contribution < 1.29 is 13.2 Å². The van der Waals surface area contributed by atoms with Crippen molar-refractivity contribution in [1.29, 1.82) is 0 Å². The van der Waals surface area contributed by atoms with Crippen LogP contribution in [0.3, 0.4) is 0 Å². The van der Waals surface area contributed by atoms with Crippen molar-refractivity contribution >= 4 is 15.9 Å². The van der Waals surface area contributed by atoms with Gasteiger partial charge in [-0.3, -0.25) is 4.79 Å². The Morgan fingerprint density at radius 3 is 2.21 bits per heavy atom. The molecule has 0 saturated heterocycles. The minimum atomic E-state index is -3.67. The number of benzene rings is 3. The Morgan fingerprint density at radius 1 is 0.857 bits per heavy atom. The lowest BCUT2D eigenvalue weighted by molar-refractivity contribution is 0.0953. The van der Waals surface area contributed by atoms with Crippen LogP contribution in [-0.4, -0.2) is 20.9 Å². The molecule has 3 N–H and O–H groups in total. The summed E-state index contributed by atoms with van der Waals surface area (Å²) in [7, 11) is -3.67. The number of sulfonamides is 1. The minimum absolute atomic E-state index is 0.0999. The zero-order chi connectivity index (χ0) is 20.0. The van der Waals surface area contributed by atoms with E-state index in [1.165, 1.54) is 12.1 Å². The topological polar surface area (TPSA) is 89.3 Å². The number of hydrogen-bond donors (Lipinski definition) is 2. The van der Waals surface area contributed by atoms with E-state index in [1.807, 2.05) is 48.5 Å². The third-order valence-electron chi connectivity index (χ3n) is 4.41. The molecule has 6 heteroatoms. The predicted octanol–water partition coefficient (Wildman–Crippen LogP) is 3.36. The molecule has 1 amide bonds. The quantitative estimate of drug-likeness (QED) is 0.602.